The maximum atomic E-state index is 3.38. The van der Waals surface area contributed by atoms with Crippen molar-refractivity contribution in [3.8, 4) is 0 Å². The lowest BCUT2D eigenvalue weighted by molar-refractivity contribution is 0.135. The molecule has 76 valence electrons. The van der Waals surface area contributed by atoms with E-state index in [9.17, 15) is 0 Å². The van der Waals surface area contributed by atoms with E-state index < -0.39 is 0 Å². The number of piperazine rings is 1. The molecular weight excluding hydrogens is 195 g/mol. The van der Waals surface area contributed by atoms with E-state index in [0.717, 1.165) is 13.1 Å². The van der Waals surface area contributed by atoms with Gasteiger partial charge in [0, 0.05) is 31.7 Å². The number of halogens is 2. The summed E-state index contributed by atoms with van der Waals surface area (Å²) in [5.41, 5.74) is 0. The number of rotatable bonds is 1. The molecule has 1 N–H and O–H groups in total. The summed E-state index contributed by atoms with van der Waals surface area (Å²) in [4.78, 5) is 2.54. The summed E-state index contributed by atoms with van der Waals surface area (Å²) >= 11 is 0. The van der Waals surface area contributed by atoms with Gasteiger partial charge in [-0.3, -0.25) is 4.90 Å². The molecule has 0 spiro atoms. The summed E-state index contributed by atoms with van der Waals surface area (Å²) in [6.45, 7) is 10.3. The molecule has 1 aliphatic rings. The highest BCUT2D eigenvalue weighted by Gasteiger charge is 2.19. The Morgan fingerprint density at radius 1 is 1.33 bits per heavy atom. The Labute approximate surface area is 87.9 Å². The Bertz CT molecular complexity index is 109. The van der Waals surface area contributed by atoms with E-state index in [-0.39, 0.29) is 24.8 Å². The van der Waals surface area contributed by atoms with Gasteiger partial charge in [0.25, 0.3) is 0 Å². The van der Waals surface area contributed by atoms with Crippen LogP contribution in [0.5, 0.6) is 0 Å². The van der Waals surface area contributed by atoms with E-state index in [0.29, 0.717) is 12.1 Å². The van der Waals surface area contributed by atoms with Gasteiger partial charge in [-0.2, -0.15) is 0 Å². The molecule has 2 nitrogen and oxygen atoms in total. The first-order valence-corrected chi connectivity index (χ1v) is 4.18. The molecular formula is C8H20Cl2N2. The third kappa shape index (κ3) is 3.94. The summed E-state index contributed by atoms with van der Waals surface area (Å²) in [6, 6.07) is 1.42. The molecule has 0 aliphatic carbocycles. The topological polar surface area (TPSA) is 15.3 Å². The highest BCUT2D eigenvalue weighted by molar-refractivity contribution is 5.85. The highest BCUT2D eigenvalue weighted by atomic mass is 35.5. The lowest BCUT2D eigenvalue weighted by Gasteiger charge is -2.36. The Hall–Kier alpha value is 0.500. The van der Waals surface area contributed by atoms with Crippen molar-refractivity contribution < 1.29 is 0 Å². The molecule has 0 aromatic carbocycles. The lowest BCUT2D eigenvalue weighted by Crippen LogP contribution is -2.52. The molecule has 1 aliphatic heterocycles. The van der Waals surface area contributed by atoms with E-state index in [1.165, 1.54) is 6.54 Å². The first-order valence-electron chi connectivity index (χ1n) is 4.18. The first kappa shape index (κ1) is 15.0. The average Bonchev–Trinajstić information content (AvgIpc) is 1.88. The van der Waals surface area contributed by atoms with Crippen LogP contribution < -0.4 is 5.32 Å². The second kappa shape index (κ2) is 6.96. The smallest absolute Gasteiger partial charge is 0.0195 e. The van der Waals surface area contributed by atoms with Gasteiger partial charge < -0.3 is 5.32 Å². The normalized spacial score (nSPS) is 24.5. The molecule has 1 rings (SSSR count). The number of nitrogens with one attached hydrogen (secondary N) is 1. The maximum Gasteiger partial charge on any atom is 0.0195 e. The molecule has 1 atom stereocenters. The molecule has 0 unspecified atom stereocenters. The number of nitrogens with zero attached hydrogens (tertiary/aromatic N) is 1. The van der Waals surface area contributed by atoms with Crippen LogP contribution >= 0.6 is 24.8 Å². The van der Waals surface area contributed by atoms with Gasteiger partial charge in [-0.15, -0.1) is 24.8 Å². The third-order valence-corrected chi connectivity index (χ3v) is 2.22. The Morgan fingerprint density at radius 3 is 2.25 bits per heavy atom. The van der Waals surface area contributed by atoms with Crippen LogP contribution in [-0.4, -0.2) is 36.6 Å². The largest absolute Gasteiger partial charge is 0.314 e. The predicted octanol–water partition coefficient (Wildman–Crippen LogP) is 1.53. The van der Waals surface area contributed by atoms with E-state index in [4.69, 9.17) is 0 Å². The fourth-order valence-electron chi connectivity index (χ4n) is 1.62. The predicted molar refractivity (Wildman–Crippen MR) is 58.7 cm³/mol. The molecule has 1 saturated heterocycles. The van der Waals surface area contributed by atoms with Gasteiger partial charge >= 0.3 is 0 Å². The van der Waals surface area contributed by atoms with Crippen LogP contribution in [0.4, 0.5) is 0 Å². The Morgan fingerprint density at radius 2 is 1.92 bits per heavy atom. The fourth-order valence-corrected chi connectivity index (χ4v) is 1.62. The van der Waals surface area contributed by atoms with Crippen molar-refractivity contribution in [3.63, 3.8) is 0 Å². The molecule has 0 aromatic rings. The van der Waals surface area contributed by atoms with Crippen LogP contribution in [0.15, 0.2) is 0 Å². The van der Waals surface area contributed by atoms with Crippen molar-refractivity contribution in [2.45, 2.75) is 32.9 Å². The summed E-state index contributed by atoms with van der Waals surface area (Å²) in [5.74, 6) is 0. The summed E-state index contributed by atoms with van der Waals surface area (Å²) in [7, 11) is 0. The zero-order valence-electron chi connectivity index (χ0n) is 8.04. The van der Waals surface area contributed by atoms with Gasteiger partial charge in [-0.25, -0.2) is 0 Å². The van der Waals surface area contributed by atoms with Crippen LogP contribution in [-0.2, 0) is 0 Å². The molecule has 4 heteroatoms. The minimum atomic E-state index is 0. The minimum absolute atomic E-state index is 0. The molecule has 0 radical (unpaired) electrons. The summed E-state index contributed by atoms with van der Waals surface area (Å²) < 4.78 is 0. The van der Waals surface area contributed by atoms with Crippen molar-refractivity contribution in [1.82, 2.24) is 10.2 Å². The Balaban J connectivity index is 0. The number of hydrogen-bond donors (Lipinski definition) is 1. The van der Waals surface area contributed by atoms with Gasteiger partial charge in [0.2, 0.25) is 0 Å². The van der Waals surface area contributed by atoms with Crippen molar-refractivity contribution in [1.29, 1.82) is 0 Å². The van der Waals surface area contributed by atoms with Crippen molar-refractivity contribution in [2.75, 3.05) is 19.6 Å². The van der Waals surface area contributed by atoms with Gasteiger partial charge in [-0.1, -0.05) is 0 Å². The molecule has 1 fully saturated rings. The van der Waals surface area contributed by atoms with E-state index in [2.05, 4.69) is 31.0 Å². The monoisotopic (exact) mass is 214 g/mol. The van der Waals surface area contributed by atoms with Crippen LogP contribution in [0.1, 0.15) is 20.8 Å². The maximum absolute atomic E-state index is 3.38. The molecule has 0 bridgehead atoms. The van der Waals surface area contributed by atoms with E-state index in [1.807, 2.05) is 0 Å². The first-order chi connectivity index (χ1) is 4.72. The van der Waals surface area contributed by atoms with Crippen molar-refractivity contribution >= 4 is 24.8 Å². The van der Waals surface area contributed by atoms with Gasteiger partial charge in [-0.05, 0) is 20.8 Å². The fraction of sp³-hybridized carbons (Fsp3) is 1.00. The molecule has 1 heterocycles. The van der Waals surface area contributed by atoms with Gasteiger partial charge in [0.15, 0.2) is 0 Å². The molecule has 0 aromatic heterocycles. The summed E-state index contributed by atoms with van der Waals surface area (Å²) in [6.07, 6.45) is 0. The van der Waals surface area contributed by atoms with Gasteiger partial charge in [0.1, 0.15) is 0 Å². The zero-order valence-corrected chi connectivity index (χ0v) is 9.67. The van der Waals surface area contributed by atoms with Crippen LogP contribution in [0.3, 0.4) is 0 Å². The highest BCUT2D eigenvalue weighted by Crippen LogP contribution is 2.06. The van der Waals surface area contributed by atoms with Crippen LogP contribution in [0, 0.1) is 0 Å². The van der Waals surface area contributed by atoms with Crippen molar-refractivity contribution in [3.05, 3.63) is 0 Å². The molecule has 0 saturated carbocycles. The SMILES string of the molecule is CC(C)N1CCNC[C@H]1C.Cl.Cl. The molecule has 0 amide bonds. The quantitative estimate of drug-likeness (QED) is 0.713. The standard InChI is InChI=1S/C8H18N2.2ClH/c1-7(2)10-5-4-9-6-8(10)3;;/h7-9H,4-6H2,1-3H3;2*1H/t8-;;/m1../s1. The van der Waals surface area contributed by atoms with Crippen molar-refractivity contribution in [2.24, 2.45) is 0 Å². The second-order valence-corrected chi connectivity index (χ2v) is 3.38. The van der Waals surface area contributed by atoms with Crippen LogP contribution in [0.2, 0.25) is 0 Å². The zero-order chi connectivity index (χ0) is 7.56. The van der Waals surface area contributed by atoms with E-state index in [1.54, 1.807) is 0 Å². The average molecular weight is 215 g/mol. The lowest BCUT2D eigenvalue weighted by atomic mass is 10.2. The Kier molecular flexibility index (Phi) is 8.69. The molecule has 12 heavy (non-hydrogen) atoms. The number of hydrogen-bond acceptors (Lipinski definition) is 2. The minimum Gasteiger partial charge on any atom is -0.314 e. The van der Waals surface area contributed by atoms with Gasteiger partial charge in [0.05, 0.1) is 0 Å². The third-order valence-electron chi connectivity index (χ3n) is 2.22. The second-order valence-electron chi connectivity index (χ2n) is 3.38. The van der Waals surface area contributed by atoms with E-state index >= 15 is 0 Å². The van der Waals surface area contributed by atoms with Crippen LogP contribution in [0.25, 0.3) is 0 Å². The summed E-state index contributed by atoms with van der Waals surface area (Å²) in [5, 5.41) is 3.38.